The van der Waals surface area contributed by atoms with Crippen LogP contribution in [-0.2, 0) is 0 Å². The Morgan fingerprint density at radius 1 is 1.07 bits per heavy atom. The molecule has 5 rings (SSSR count). The quantitative estimate of drug-likeness (QED) is 0.643. The number of azo groups is 1. The number of phenolic OH excluding ortho intramolecular Hbond substituents is 1. The minimum atomic E-state index is -0.718. The van der Waals surface area contributed by atoms with E-state index in [1.165, 1.54) is 23.3 Å². The summed E-state index contributed by atoms with van der Waals surface area (Å²) in [5.41, 5.74) is 6.33. The lowest BCUT2D eigenvalue weighted by atomic mass is 9.66. The number of halogens is 1. The van der Waals surface area contributed by atoms with Gasteiger partial charge in [0.15, 0.2) is 0 Å². The van der Waals surface area contributed by atoms with Crippen LogP contribution < -0.4 is 0 Å². The van der Waals surface area contributed by atoms with E-state index in [1.54, 1.807) is 30.3 Å². The first-order chi connectivity index (χ1) is 14.5. The van der Waals surface area contributed by atoms with E-state index >= 15 is 0 Å². The molecule has 0 fully saturated rings. The van der Waals surface area contributed by atoms with Crippen molar-refractivity contribution < 1.29 is 14.6 Å². The van der Waals surface area contributed by atoms with Crippen LogP contribution in [0.25, 0.3) is 0 Å². The van der Waals surface area contributed by atoms with Crippen LogP contribution in [0.5, 0.6) is 5.75 Å². The van der Waals surface area contributed by atoms with Crippen molar-refractivity contribution in [1.82, 2.24) is 0 Å². The molecule has 3 unspecified atom stereocenters. The number of hydrogen-bond acceptors (Lipinski definition) is 4. The standard InChI is InChI=1S/C25H25FN2O2/c1-14-21(25(30)16-5-4-6-18(29)13-16)19-7-2-3-8-20(19)22-23(14)27-28-24(22)15-9-11-17(26)12-10-15/h4-6,9-14,21,24-25,29-30H,2-3,7-8H2,1H3/t14-,21?,24?,25?/m1/s1. The van der Waals surface area contributed by atoms with Gasteiger partial charge in [0.25, 0.3) is 0 Å². The van der Waals surface area contributed by atoms with Crippen LogP contribution in [-0.4, -0.2) is 10.2 Å². The summed E-state index contributed by atoms with van der Waals surface area (Å²) in [5.74, 6) is -0.188. The van der Waals surface area contributed by atoms with E-state index in [-0.39, 0.29) is 29.4 Å². The van der Waals surface area contributed by atoms with Gasteiger partial charge in [0.2, 0.25) is 0 Å². The van der Waals surface area contributed by atoms with Gasteiger partial charge in [-0.3, -0.25) is 0 Å². The van der Waals surface area contributed by atoms with E-state index in [2.05, 4.69) is 17.2 Å². The first-order valence-electron chi connectivity index (χ1n) is 10.6. The molecule has 1 aliphatic heterocycles. The predicted octanol–water partition coefficient (Wildman–Crippen LogP) is 6.16. The summed E-state index contributed by atoms with van der Waals surface area (Å²) < 4.78 is 13.4. The maximum absolute atomic E-state index is 13.4. The van der Waals surface area contributed by atoms with Crippen molar-refractivity contribution in [2.24, 2.45) is 22.1 Å². The molecule has 0 radical (unpaired) electrons. The number of allylic oxidation sites excluding steroid dienone is 1. The zero-order valence-corrected chi connectivity index (χ0v) is 16.9. The number of fused-ring (bicyclic) bond motifs is 1. The molecule has 154 valence electrons. The number of aliphatic hydroxyl groups is 1. The summed E-state index contributed by atoms with van der Waals surface area (Å²) >= 11 is 0. The normalized spacial score (nSPS) is 26.6. The van der Waals surface area contributed by atoms with E-state index < -0.39 is 6.10 Å². The molecule has 2 aromatic carbocycles. The number of rotatable bonds is 3. The van der Waals surface area contributed by atoms with Crippen LogP contribution in [0.3, 0.4) is 0 Å². The molecule has 0 aromatic heterocycles. The average molecular weight is 404 g/mol. The number of hydrogen-bond donors (Lipinski definition) is 2. The van der Waals surface area contributed by atoms with E-state index in [0.717, 1.165) is 48.1 Å². The number of phenols is 1. The molecule has 2 aromatic rings. The van der Waals surface area contributed by atoms with E-state index in [9.17, 15) is 14.6 Å². The highest BCUT2D eigenvalue weighted by atomic mass is 19.1. The molecule has 0 saturated heterocycles. The van der Waals surface area contributed by atoms with Gasteiger partial charge < -0.3 is 10.2 Å². The Balaban J connectivity index is 1.58. The minimum absolute atomic E-state index is 0.00315. The van der Waals surface area contributed by atoms with Crippen LogP contribution in [0.2, 0.25) is 0 Å². The number of benzene rings is 2. The molecule has 2 N–H and O–H groups in total. The van der Waals surface area contributed by atoms with Gasteiger partial charge in [-0.1, -0.05) is 36.8 Å². The highest BCUT2D eigenvalue weighted by molar-refractivity contribution is 5.53. The lowest BCUT2D eigenvalue weighted by Gasteiger charge is -2.39. The predicted molar refractivity (Wildman–Crippen MR) is 112 cm³/mol. The van der Waals surface area contributed by atoms with E-state index in [0.29, 0.717) is 0 Å². The van der Waals surface area contributed by atoms with Crippen molar-refractivity contribution in [2.75, 3.05) is 0 Å². The molecule has 3 aliphatic rings. The molecule has 30 heavy (non-hydrogen) atoms. The van der Waals surface area contributed by atoms with Gasteiger partial charge in [-0.05, 0) is 66.6 Å². The molecular weight excluding hydrogens is 379 g/mol. The Labute approximate surface area is 175 Å². The van der Waals surface area contributed by atoms with Gasteiger partial charge >= 0.3 is 0 Å². The van der Waals surface area contributed by atoms with Crippen LogP contribution in [0, 0.1) is 17.7 Å². The molecule has 4 atom stereocenters. The summed E-state index contributed by atoms with van der Waals surface area (Å²) in [6.45, 7) is 2.11. The third kappa shape index (κ3) is 3.08. The topological polar surface area (TPSA) is 65.2 Å². The molecule has 5 heteroatoms. The fourth-order valence-corrected chi connectivity index (χ4v) is 5.36. The first kappa shape index (κ1) is 19.2. The Kier molecular flexibility index (Phi) is 4.78. The Bertz CT molecular complexity index is 1070. The average Bonchev–Trinajstić information content (AvgIpc) is 3.20. The van der Waals surface area contributed by atoms with Crippen molar-refractivity contribution in [1.29, 1.82) is 0 Å². The van der Waals surface area contributed by atoms with Crippen molar-refractivity contribution in [2.45, 2.75) is 44.8 Å². The van der Waals surface area contributed by atoms with Gasteiger partial charge in [0, 0.05) is 17.4 Å². The van der Waals surface area contributed by atoms with Gasteiger partial charge in [0.05, 0.1) is 11.8 Å². The smallest absolute Gasteiger partial charge is 0.123 e. The van der Waals surface area contributed by atoms with Crippen LogP contribution in [0.4, 0.5) is 4.39 Å². The molecule has 1 heterocycles. The number of aromatic hydroxyl groups is 1. The summed E-state index contributed by atoms with van der Waals surface area (Å²) in [6.07, 6.45) is 3.39. The Hall–Kier alpha value is -2.79. The summed E-state index contributed by atoms with van der Waals surface area (Å²) in [7, 11) is 0. The molecule has 0 amide bonds. The van der Waals surface area contributed by atoms with Gasteiger partial charge in [-0.2, -0.15) is 10.2 Å². The van der Waals surface area contributed by atoms with Gasteiger partial charge in [0.1, 0.15) is 17.6 Å². The van der Waals surface area contributed by atoms with Crippen LogP contribution in [0.1, 0.15) is 55.9 Å². The maximum atomic E-state index is 13.4. The van der Waals surface area contributed by atoms with E-state index in [4.69, 9.17) is 0 Å². The molecular formula is C25H25FN2O2. The van der Waals surface area contributed by atoms with E-state index in [1.807, 2.05) is 6.07 Å². The Morgan fingerprint density at radius 3 is 2.60 bits per heavy atom. The van der Waals surface area contributed by atoms with Crippen molar-refractivity contribution in [3.63, 3.8) is 0 Å². The third-order valence-corrected chi connectivity index (χ3v) is 6.78. The van der Waals surface area contributed by atoms with Gasteiger partial charge in [-0.25, -0.2) is 4.39 Å². The second-order valence-electron chi connectivity index (χ2n) is 8.53. The summed E-state index contributed by atoms with van der Waals surface area (Å²) in [4.78, 5) is 0. The zero-order valence-electron chi connectivity index (χ0n) is 16.9. The first-order valence-corrected chi connectivity index (χ1v) is 10.6. The zero-order chi connectivity index (χ0) is 20.8. The molecule has 2 aliphatic carbocycles. The lowest BCUT2D eigenvalue weighted by Crippen LogP contribution is -2.30. The van der Waals surface area contributed by atoms with Crippen molar-refractivity contribution in [3.05, 3.63) is 87.9 Å². The summed E-state index contributed by atoms with van der Waals surface area (Å²) in [6, 6.07) is 13.2. The monoisotopic (exact) mass is 404 g/mol. The SMILES string of the molecule is C[C@H]1C2=C(C3=C(CCCC3)C1C(O)c1cccc(O)c1)C(c1ccc(F)cc1)N=N2. The highest BCUT2D eigenvalue weighted by Crippen LogP contribution is 2.55. The largest absolute Gasteiger partial charge is 0.508 e. The van der Waals surface area contributed by atoms with Crippen molar-refractivity contribution >= 4 is 0 Å². The van der Waals surface area contributed by atoms with Crippen LogP contribution >= 0.6 is 0 Å². The number of nitrogens with zero attached hydrogens (tertiary/aromatic N) is 2. The van der Waals surface area contributed by atoms with Gasteiger partial charge in [-0.15, -0.1) is 0 Å². The van der Waals surface area contributed by atoms with Crippen LogP contribution in [0.15, 0.2) is 81.2 Å². The number of aliphatic hydroxyl groups excluding tert-OH is 1. The Morgan fingerprint density at radius 2 is 1.83 bits per heavy atom. The molecule has 4 nitrogen and oxygen atoms in total. The summed E-state index contributed by atoms with van der Waals surface area (Å²) in [5, 5.41) is 30.4. The fraction of sp³-hybridized carbons (Fsp3) is 0.360. The highest BCUT2D eigenvalue weighted by Gasteiger charge is 2.44. The maximum Gasteiger partial charge on any atom is 0.123 e. The molecule has 0 bridgehead atoms. The fourth-order valence-electron chi connectivity index (χ4n) is 5.36. The second-order valence-corrected chi connectivity index (χ2v) is 8.53. The molecule has 0 spiro atoms. The molecule has 0 saturated carbocycles. The lowest BCUT2D eigenvalue weighted by molar-refractivity contribution is 0.0994. The third-order valence-electron chi connectivity index (χ3n) is 6.78. The second kappa shape index (κ2) is 7.47. The van der Waals surface area contributed by atoms with Crippen molar-refractivity contribution in [3.8, 4) is 5.75 Å². The minimum Gasteiger partial charge on any atom is -0.508 e.